The zero-order valence-electron chi connectivity index (χ0n) is 28.7. The Morgan fingerprint density at radius 3 is 1.53 bits per heavy atom. The van der Waals surface area contributed by atoms with Crippen molar-refractivity contribution in [2.45, 2.75) is 5.41 Å². The number of rotatable bonds is 4. The number of hydrogen-bond acceptors (Lipinski definition) is 3. The van der Waals surface area contributed by atoms with Crippen molar-refractivity contribution in [1.29, 1.82) is 0 Å². The van der Waals surface area contributed by atoms with Crippen LogP contribution in [0.1, 0.15) is 22.3 Å². The second kappa shape index (κ2) is 11.5. The van der Waals surface area contributed by atoms with E-state index in [9.17, 15) is 0 Å². The number of fused-ring (bicyclic) bond motifs is 11. The van der Waals surface area contributed by atoms with Gasteiger partial charge < -0.3 is 0 Å². The summed E-state index contributed by atoms with van der Waals surface area (Å²) in [5.74, 6) is 1.96. The molecular weight excluding hydrogens is 643 g/mol. The van der Waals surface area contributed by atoms with Gasteiger partial charge in [-0.1, -0.05) is 176 Å². The van der Waals surface area contributed by atoms with Crippen molar-refractivity contribution in [2.75, 3.05) is 0 Å². The maximum atomic E-state index is 5.32. The lowest BCUT2D eigenvalue weighted by molar-refractivity contribution is 0.794. The summed E-state index contributed by atoms with van der Waals surface area (Å²) in [4.78, 5) is 15.7. The second-order valence-corrected chi connectivity index (χ2v) is 13.9. The van der Waals surface area contributed by atoms with E-state index in [1.807, 2.05) is 18.2 Å². The fourth-order valence-electron chi connectivity index (χ4n) is 8.88. The van der Waals surface area contributed by atoms with Gasteiger partial charge in [0.2, 0.25) is 0 Å². The van der Waals surface area contributed by atoms with Crippen LogP contribution in [0.5, 0.6) is 0 Å². The van der Waals surface area contributed by atoms with Crippen LogP contribution in [0.4, 0.5) is 0 Å². The summed E-state index contributed by atoms with van der Waals surface area (Å²) < 4.78 is 0. The number of nitrogens with zero attached hydrogens (tertiary/aromatic N) is 3. The van der Waals surface area contributed by atoms with Crippen LogP contribution in [-0.2, 0) is 5.41 Å². The molecule has 0 atom stereocenters. The van der Waals surface area contributed by atoms with Crippen LogP contribution in [-0.4, -0.2) is 15.0 Å². The minimum absolute atomic E-state index is 0.443. The Kier molecular flexibility index (Phi) is 6.47. The Labute approximate surface area is 308 Å². The lowest BCUT2D eigenvalue weighted by Gasteiger charge is -2.30. The molecule has 2 aliphatic rings. The molecule has 8 aromatic carbocycles. The van der Waals surface area contributed by atoms with E-state index in [1.54, 1.807) is 0 Å². The Bertz CT molecular complexity index is 2860. The first-order chi connectivity index (χ1) is 26.3. The number of aromatic nitrogens is 3. The standard InChI is InChI=1S/C50H31N3/c1-2-15-33(16-3-1)47-51-48(37-19-12-18-35(31-37)36-29-28-32-14-4-5-17-34(32)30-36)53-49(52-47)41-23-13-27-45-46(41)40-22-8-11-26-44(40)50(45)42-24-9-6-20-38(42)39-21-7-10-25-43(39)50/h1-31H. The lowest BCUT2D eigenvalue weighted by atomic mass is 9.70. The van der Waals surface area contributed by atoms with Gasteiger partial charge in [0, 0.05) is 16.7 Å². The first-order valence-electron chi connectivity index (χ1n) is 18.1. The molecule has 2 aliphatic carbocycles. The second-order valence-electron chi connectivity index (χ2n) is 13.9. The molecule has 53 heavy (non-hydrogen) atoms. The topological polar surface area (TPSA) is 38.7 Å². The van der Waals surface area contributed by atoms with E-state index in [0.717, 1.165) is 27.8 Å². The Morgan fingerprint density at radius 1 is 0.283 bits per heavy atom. The molecule has 11 rings (SSSR count). The molecule has 0 N–H and O–H groups in total. The van der Waals surface area contributed by atoms with Crippen molar-refractivity contribution < 1.29 is 0 Å². The largest absolute Gasteiger partial charge is 0.208 e. The fraction of sp³-hybridized carbons (Fsp3) is 0.0200. The third kappa shape index (κ3) is 4.38. The van der Waals surface area contributed by atoms with Crippen molar-refractivity contribution in [1.82, 2.24) is 15.0 Å². The van der Waals surface area contributed by atoms with E-state index in [2.05, 4.69) is 170 Å². The molecule has 1 heterocycles. The zero-order valence-corrected chi connectivity index (χ0v) is 28.7. The molecule has 9 aromatic rings. The SMILES string of the molecule is c1ccc(-c2nc(-c3cccc(-c4ccc5ccccc5c4)c3)nc(-c3cccc4c3-c3ccccc3C43c4ccccc4-c4ccccc43)n2)cc1. The highest BCUT2D eigenvalue weighted by Crippen LogP contribution is 2.63. The van der Waals surface area contributed by atoms with Gasteiger partial charge in [-0.25, -0.2) is 15.0 Å². The molecule has 1 spiro atoms. The molecule has 0 unspecified atom stereocenters. The zero-order chi connectivity index (χ0) is 34.9. The highest BCUT2D eigenvalue weighted by Gasteiger charge is 2.52. The highest BCUT2D eigenvalue weighted by atomic mass is 15.0. The van der Waals surface area contributed by atoms with E-state index in [0.29, 0.717) is 17.5 Å². The third-order valence-electron chi connectivity index (χ3n) is 11.1. The Hall–Kier alpha value is -6.97. The van der Waals surface area contributed by atoms with Gasteiger partial charge in [0.1, 0.15) is 0 Å². The highest BCUT2D eigenvalue weighted by molar-refractivity contribution is 5.99. The monoisotopic (exact) mass is 673 g/mol. The van der Waals surface area contributed by atoms with Crippen LogP contribution in [0.2, 0.25) is 0 Å². The summed E-state index contributed by atoms with van der Waals surface area (Å²) in [7, 11) is 0. The predicted octanol–water partition coefficient (Wildman–Crippen LogP) is 12.0. The van der Waals surface area contributed by atoms with Gasteiger partial charge >= 0.3 is 0 Å². The quantitative estimate of drug-likeness (QED) is 0.187. The fourth-order valence-corrected chi connectivity index (χ4v) is 8.88. The number of hydrogen-bond donors (Lipinski definition) is 0. The smallest absolute Gasteiger partial charge is 0.164 e. The molecular formula is C50H31N3. The summed E-state index contributed by atoms with van der Waals surface area (Å²) in [5.41, 5.74) is 14.9. The molecule has 0 saturated carbocycles. The molecule has 0 saturated heterocycles. The van der Waals surface area contributed by atoms with Crippen LogP contribution in [0.3, 0.4) is 0 Å². The van der Waals surface area contributed by atoms with Crippen LogP contribution >= 0.6 is 0 Å². The summed E-state index contributed by atoms with van der Waals surface area (Å²) in [6.45, 7) is 0. The van der Waals surface area contributed by atoms with Crippen molar-refractivity contribution >= 4 is 10.8 Å². The van der Waals surface area contributed by atoms with Crippen molar-refractivity contribution in [3.05, 3.63) is 210 Å². The van der Waals surface area contributed by atoms with Gasteiger partial charge in [0.05, 0.1) is 5.41 Å². The first kappa shape index (κ1) is 29.7. The van der Waals surface area contributed by atoms with Gasteiger partial charge in [-0.15, -0.1) is 0 Å². The molecule has 0 fully saturated rings. The minimum atomic E-state index is -0.443. The Balaban J connectivity index is 1.14. The normalized spacial score (nSPS) is 13.1. The van der Waals surface area contributed by atoms with Crippen LogP contribution < -0.4 is 0 Å². The van der Waals surface area contributed by atoms with Gasteiger partial charge in [0.15, 0.2) is 17.5 Å². The van der Waals surface area contributed by atoms with Gasteiger partial charge in [0.25, 0.3) is 0 Å². The minimum Gasteiger partial charge on any atom is -0.208 e. The van der Waals surface area contributed by atoms with E-state index < -0.39 is 5.41 Å². The van der Waals surface area contributed by atoms with E-state index in [1.165, 1.54) is 55.3 Å². The predicted molar refractivity (Wildman–Crippen MR) is 215 cm³/mol. The van der Waals surface area contributed by atoms with Crippen molar-refractivity contribution in [3.8, 4) is 67.5 Å². The van der Waals surface area contributed by atoms with Crippen LogP contribution in [0.25, 0.3) is 78.3 Å². The van der Waals surface area contributed by atoms with Gasteiger partial charge in [-0.2, -0.15) is 0 Å². The summed E-state index contributed by atoms with van der Waals surface area (Å²) >= 11 is 0. The molecule has 3 heteroatoms. The van der Waals surface area contributed by atoms with Crippen LogP contribution in [0.15, 0.2) is 188 Å². The Morgan fingerprint density at radius 2 is 0.774 bits per heavy atom. The van der Waals surface area contributed by atoms with Crippen molar-refractivity contribution in [3.63, 3.8) is 0 Å². The van der Waals surface area contributed by atoms with Gasteiger partial charge in [-0.3, -0.25) is 0 Å². The molecule has 0 aliphatic heterocycles. The van der Waals surface area contributed by atoms with Crippen molar-refractivity contribution in [2.24, 2.45) is 0 Å². The maximum Gasteiger partial charge on any atom is 0.164 e. The number of benzene rings is 8. The summed E-state index contributed by atoms with van der Waals surface area (Å²) in [5, 5.41) is 2.44. The first-order valence-corrected chi connectivity index (χ1v) is 18.1. The molecule has 246 valence electrons. The molecule has 0 amide bonds. The van der Waals surface area contributed by atoms with E-state index in [-0.39, 0.29) is 0 Å². The average molecular weight is 674 g/mol. The third-order valence-corrected chi connectivity index (χ3v) is 11.1. The molecule has 1 aromatic heterocycles. The average Bonchev–Trinajstić information content (AvgIpc) is 3.71. The van der Waals surface area contributed by atoms with E-state index >= 15 is 0 Å². The summed E-state index contributed by atoms with van der Waals surface area (Å²) in [6, 6.07) is 67.3. The lowest BCUT2D eigenvalue weighted by Crippen LogP contribution is -2.25. The molecule has 0 radical (unpaired) electrons. The summed E-state index contributed by atoms with van der Waals surface area (Å²) in [6.07, 6.45) is 0. The molecule has 0 bridgehead atoms. The molecule has 3 nitrogen and oxygen atoms in total. The van der Waals surface area contributed by atoms with E-state index in [4.69, 9.17) is 15.0 Å². The maximum absolute atomic E-state index is 5.32. The van der Waals surface area contributed by atoms with Gasteiger partial charge in [-0.05, 0) is 78.5 Å². The van der Waals surface area contributed by atoms with Crippen LogP contribution in [0, 0.1) is 0 Å².